The Bertz CT molecular complexity index is 1700. The first-order valence-electron chi connectivity index (χ1n) is 14.1. The fourth-order valence-electron chi connectivity index (χ4n) is 5.64. The highest BCUT2D eigenvalue weighted by atomic mass is 32.1. The molecule has 1 N–H and O–H groups in total. The number of aryl methyl sites for hydroxylation is 2. The van der Waals surface area contributed by atoms with Crippen LogP contribution in [0.3, 0.4) is 0 Å². The summed E-state index contributed by atoms with van der Waals surface area (Å²) in [5.41, 5.74) is 7.81. The van der Waals surface area contributed by atoms with Crippen LogP contribution < -0.4 is 4.74 Å². The zero-order valence-corrected chi connectivity index (χ0v) is 23.5. The maximum absolute atomic E-state index is 6.07. The SMILES string of the molecule is Cc1ccc(-c2cccc3[nH]c(C4=NCCCc5ccc(-c6cncc(OCCN7CCCC7)c6)nc54)nc23)s1. The van der Waals surface area contributed by atoms with Crippen LogP contribution in [0.2, 0.25) is 0 Å². The Morgan fingerprint density at radius 2 is 1.93 bits per heavy atom. The number of rotatable bonds is 7. The topological polar surface area (TPSA) is 79.3 Å². The van der Waals surface area contributed by atoms with Crippen LogP contribution in [0.15, 0.2) is 65.9 Å². The van der Waals surface area contributed by atoms with Crippen molar-refractivity contribution < 1.29 is 4.74 Å². The Hall–Kier alpha value is -3.88. The van der Waals surface area contributed by atoms with E-state index in [9.17, 15) is 0 Å². The van der Waals surface area contributed by atoms with E-state index in [2.05, 4.69) is 64.3 Å². The third-order valence-electron chi connectivity index (χ3n) is 7.70. The first kappa shape index (κ1) is 25.1. The molecule has 2 aliphatic heterocycles. The summed E-state index contributed by atoms with van der Waals surface area (Å²) in [5, 5.41) is 0. The van der Waals surface area contributed by atoms with Gasteiger partial charge >= 0.3 is 0 Å². The van der Waals surface area contributed by atoms with E-state index in [4.69, 9.17) is 19.7 Å². The maximum Gasteiger partial charge on any atom is 0.159 e. The van der Waals surface area contributed by atoms with Crippen molar-refractivity contribution in [2.75, 3.05) is 32.8 Å². The number of aromatic nitrogens is 4. The van der Waals surface area contributed by atoms with Crippen molar-refractivity contribution in [1.29, 1.82) is 0 Å². The minimum absolute atomic E-state index is 0.665. The highest BCUT2D eigenvalue weighted by Gasteiger charge is 2.22. The number of hydrogen-bond donors (Lipinski definition) is 1. The molecule has 0 unspecified atom stereocenters. The minimum Gasteiger partial charge on any atom is -0.491 e. The van der Waals surface area contributed by atoms with E-state index in [-0.39, 0.29) is 0 Å². The van der Waals surface area contributed by atoms with Gasteiger partial charge in [0.1, 0.15) is 18.1 Å². The molecule has 202 valence electrons. The van der Waals surface area contributed by atoms with Crippen LogP contribution in [0, 0.1) is 6.92 Å². The fraction of sp³-hybridized carbons (Fsp3) is 0.312. The molecule has 2 aliphatic rings. The molecule has 5 aromatic rings. The molecule has 7 nitrogen and oxygen atoms in total. The van der Waals surface area contributed by atoms with Crippen molar-refractivity contribution in [3.05, 3.63) is 82.9 Å². The Balaban J connectivity index is 1.20. The molecule has 0 spiro atoms. The lowest BCUT2D eigenvalue weighted by Crippen LogP contribution is -2.25. The van der Waals surface area contributed by atoms with Gasteiger partial charge < -0.3 is 9.72 Å². The van der Waals surface area contributed by atoms with Crippen LogP contribution in [0.25, 0.3) is 32.7 Å². The molecule has 6 heterocycles. The van der Waals surface area contributed by atoms with Crippen molar-refractivity contribution >= 4 is 28.1 Å². The highest BCUT2D eigenvalue weighted by Crippen LogP contribution is 2.33. The minimum atomic E-state index is 0.665. The molecule has 1 saturated heterocycles. The summed E-state index contributed by atoms with van der Waals surface area (Å²) in [6.45, 7) is 6.84. The van der Waals surface area contributed by atoms with Gasteiger partial charge in [0.05, 0.1) is 28.6 Å². The molecular weight excluding hydrogens is 516 g/mol. The number of aliphatic imine (C=N–C) groups is 1. The van der Waals surface area contributed by atoms with Crippen LogP contribution in [0.4, 0.5) is 0 Å². The van der Waals surface area contributed by atoms with Crippen molar-refractivity contribution in [2.24, 2.45) is 4.99 Å². The number of aromatic amines is 1. The maximum atomic E-state index is 6.07. The summed E-state index contributed by atoms with van der Waals surface area (Å²) < 4.78 is 6.07. The van der Waals surface area contributed by atoms with Crippen LogP contribution in [0.5, 0.6) is 5.75 Å². The summed E-state index contributed by atoms with van der Waals surface area (Å²) in [6, 6.07) is 16.9. The number of nitrogens with one attached hydrogen (secondary N) is 1. The molecule has 1 fully saturated rings. The highest BCUT2D eigenvalue weighted by molar-refractivity contribution is 7.15. The molecule has 0 radical (unpaired) electrons. The van der Waals surface area contributed by atoms with E-state index in [1.54, 1.807) is 17.5 Å². The molecule has 0 aliphatic carbocycles. The zero-order valence-electron chi connectivity index (χ0n) is 22.7. The first-order chi connectivity index (χ1) is 19.7. The Morgan fingerprint density at radius 1 is 1.00 bits per heavy atom. The summed E-state index contributed by atoms with van der Waals surface area (Å²) in [4.78, 5) is 28.2. The van der Waals surface area contributed by atoms with Gasteiger partial charge in [0.2, 0.25) is 0 Å². The molecule has 40 heavy (non-hydrogen) atoms. The molecule has 0 bridgehead atoms. The molecule has 0 amide bonds. The number of ether oxygens (including phenoxy) is 1. The van der Waals surface area contributed by atoms with E-state index < -0.39 is 0 Å². The van der Waals surface area contributed by atoms with Crippen LogP contribution in [0.1, 0.15) is 41.2 Å². The van der Waals surface area contributed by atoms with Gasteiger partial charge in [-0.15, -0.1) is 11.3 Å². The zero-order chi connectivity index (χ0) is 26.9. The van der Waals surface area contributed by atoms with Gasteiger partial charge in [0.25, 0.3) is 0 Å². The molecule has 7 rings (SSSR count). The van der Waals surface area contributed by atoms with E-state index >= 15 is 0 Å². The number of H-pyrrole nitrogens is 1. The van der Waals surface area contributed by atoms with E-state index in [1.165, 1.54) is 41.2 Å². The number of para-hydroxylation sites is 1. The van der Waals surface area contributed by atoms with Crippen LogP contribution >= 0.6 is 11.3 Å². The molecular formula is C32H32N6OS. The van der Waals surface area contributed by atoms with Crippen molar-refractivity contribution in [2.45, 2.75) is 32.6 Å². The van der Waals surface area contributed by atoms with E-state index in [0.717, 1.165) is 76.8 Å². The second-order valence-electron chi connectivity index (χ2n) is 10.5. The number of likely N-dealkylation sites (tertiary alicyclic amines) is 1. The second-order valence-corrected chi connectivity index (χ2v) is 11.8. The molecule has 8 heteroatoms. The van der Waals surface area contributed by atoms with Crippen molar-refractivity contribution in [3.63, 3.8) is 0 Å². The van der Waals surface area contributed by atoms with E-state index in [1.807, 2.05) is 12.3 Å². The van der Waals surface area contributed by atoms with Gasteiger partial charge in [0, 0.05) is 40.2 Å². The van der Waals surface area contributed by atoms with Gasteiger partial charge in [0.15, 0.2) is 5.82 Å². The average molecular weight is 549 g/mol. The van der Waals surface area contributed by atoms with Gasteiger partial charge in [-0.1, -0.05) is 18.2 Å². The lowest BCUT2D eigenvalue weighted by Gasteiger charge is -2.15. The summed E-state index contributed by atoms with van der Waals surface area (Å²) in [7, 11) is 0. The number of nitrogens with zero attached hydrogens (tertiary/aromatic N) is 5. The Labute approximate surface area is 238 Å². The van der Waals surface area contributed by atoms with Crippen LogP contribution in [-0.4, -0.2) is 63.3 Å². The first-order valence-corrected chi connectivity index (χ1v) is 14.9. The monoisotopic (exact) mass is 548 g/mol. The third-order valence-corrected chi connectivity index (χ3v) is 8.74. The van der Waals surface area contributed by atoms with Gasteiger partial charge in [-0.25, -0.2) is 9.97 Å². The summed E-state index contributed by atoms with van der Waals surface area (Å²) >= 11 is 1.79. The lowest BCUT2D eigenvalue weighted by atomic mass is 10.0. The van der Waals surface area contributed by atoms with Gasteiger partial charge in [-0.05, 0) is 81.6 Å². The average Bonchev–Trinajstić information content (AvgIpc) is 3.72. The third kappa shape index (κ3) is 5.05. The largest absolute Gasteiger partial charge is 0.491 e. The fourth-order valence-corrected chi connectivity index (χ4v) is 6.53. The number of benzene rings is 1. The Morgan fingerprint density at radius 3 is 2.80 bits per heavy atom. The number of fused-ring (bicyclic) bond motifs is 2. The van der Waals surface area contributed by atoms with E-state index in [0.29, 0.717) is 6.61 Å². The quantitative estimate of drug-likeness (QED) is 0.258. The number of hydrogen-bond acceptors (Lipinski definition) is 7. The molecule has 0 atom stereocenters. The smallest absolute Gasteiger partial charge is 0.159 e. The predicted molar refractivity (Wildman–Crippen MR) is 162 cm³/mol. The van der Waals surface area contributed by atoms with Crippen LogP contribution in [-0.2, 0) is 6.42 Å². The number of thiophene rings is 1. The summed E-state index contributed by atoms with van der Waals surface area (Å²) in [5.74, 6) is 1.54. The standard InChI is InChI=1S/C32H32N6OS/c1-21-9-12-28(40-21)25-7-4-8-27-30(25)37-32(36-27)31-29-22(6-5-13-34-31)10-11-26(35-29)23-18-24(20-33-19-23)39-17-16-38-14-2-3-15-38/h4,7-12,18-20H,2-3,5-6,13-17H2,1H3,(H,36,37). The molecule has 0 saturated carbocycles. The lowest BCUT2D eigenvalue weighted by molar-refractivity contribution is 0.237. The van der Waals surface area contributed by atoms with Crippen molar-refractivity contribution in [1.82, 2.24) is 24.8 Å². The van der Waals surface area contributed by atoms with Gasteiger partial charge in [-0.3, -0.25) is 14.9 Å². The molecule has 4 aromatic heterocycles. The summed E-state index contributed by atoms with van der Waals surface area (Å²) in [6.07, 6.45) is 8.13. The second kappa shape index (κ2) is 10.9. The van der Waals surface area contributed by atoms with Crippen molar-refractivity contribution in [3.8, 4) is 27.4 Å². The predicted octanol–water partition coefficient (Wildman–Crippen LogP) is 6.32. The number of imidazole rings is 1. The normalized spacial score (nSPS) is 15.7. The molecule has 1 aromatic carbocycles. The van der Waals surface area contributed by atoms with Gasteiger partial charge in [-0.2, -0.15) is 0 Å². The number of pyridine rings is 2. The Kier molecular flexibility index (Phi) is 6.87.